The monoisotopic (exact) mass is 305 g/mol. The van der Waals surface area contributed by atoms with E-state index in [2.05, 4.69) is 16.3 Å². The van der Waals surface area contributed by atoms with Gasteiger partial charge in [-0.2, -0.15) is 0 Å². The molecule has 1 amide bonds. The van der Waals surface area contributed by atoms with Crippen LogP contribution in [0, 0.1) is 0 Å². The summed E-state index contributed by atoms with van der Waals surface area (Å²) in [6, 6.07) is 4.06. The van der Waals surface area contributed by atoms with Crippen LogP contribution in [0.3, 0.4) is 0 Å². The molecule has 0 unspecified atom stereocenters. The standard InChI is InChI=1S/C17H27N3O2/c1-20(2)9-10-22-16-12-14-6-4-3-5-13(14)11-15(16)17(21)19-8-7-18/h11-12H,3-10,18H2,1-2H3,(H,19,21). The van der Waals surface area contributed by atoms with E-state index in [-0.39, 0.29) is 5.91 Å². The Balaban J connectivity index is 2.20. The Bertz CT molecular complexity index is 515. The minimum Gasteiger partial charge on any atom is -0.491 e. The summed E-state index contributed by atoms with van der Waals surface area (Å²) in [5.41, 5.74) is 8.70. The van der Waals surface area contributed by atoms with Crippen molar-refractivity contribution in [3.05, 3.63) is 28.8 Å². The van der Waals surface area contributed by atoms with E-state index in [0.29, 0.717) is 31.0 Å². The van der Waals surface area contributed by atoms with Crippen molar-refractivity contribution in [1.82, 2.24) is 10.2 Å². The smallest absolute Gasteiger partial charge is 0.255 e. The number of rotatable bonds is 7. The molecule has 0 fully saturated rings. The van der Waals surface area contributed by atoms with Crippen molar-refractivity contribution < 1.29 is 9.53 Å². The van der Waals surface area contributed by atoms with Crippen LogP contribution < -0.4 is 15.8 Å². The van der Waals surface area contributed by atoms with Gasteiger partial charge in [-0.25, -0.2) is 0 Å². The van der Waals surface area contributed by atoms with Gasteiger partial charge in [0.25, 0.3) is 5.91 Å². The topological polar surface area (TPSA) is 67.6 Å². The fraction of sp³-hybridized carbons (Fsp3) is 0.588. The lowest BCUT2D eigenvalue weighted by Gasteiger charge is -2.20. The third-order valence-electron chi connectivity index (χ3n) is 3.91. The Labute approximate surface area is 132 Å². The van der Waals surface area contributed by atoms with Crippen LogP contribution in [0.2, 0.25) is 0 Å². The summed E-state index contributed by atoms with van der Waals surface area (Å²) in [7, 11) is 4.01. The summed E-state index contributed by atoms with van der Waals surface area (Å²) in [5, 5.41) is 2.84. The van der Waals surface area contributed by atoms with Gasteiger partial charge in [0.2, 0.25) is 0 Å². The molecule has 5 heteroatoms. The third-order valence-corrected chi connectivity index (χ3v) is 3.91. The summed E-state index contributed by atoms with van der Waals surface area (Å²) >= 11 is 0. The van der Waals surface area contributed by atoms with E-state index < -0.39 is 0 Å². The maximum absolute atomic E-state index is 12.4. The average Bonchev–Trinajstić information content (AvgIpc) is 2.51. The Hall–Kier alpha value is -1.59. The number of hydrogen-bond donors (Lipinski definition) is 2. The predicted octanol–water partition coefficient (Wildman–Crippen LogP) is 1.19. The number of amides is 1. The predicted molar refractivity (Wildman–Crippen MR) is 88.5 cm³/mol. The molecule has 5 nitrogen and oxygen atoms in total. The molecule has 122 valence electrons. The van der Waals surface area contributed by atoms with Crippen LogP contribution in [0.25, 0.3) is 0 Å². The number of carbonyl (C=O) groups excluding carboxylic acids is 1. The lowest BCUT2D eigenvalue weighted by Crippen LogP contribution is -2.30. The molecule has 22 heavy (non-hydrogen) atoms. The summed E-state index contributed by atoms with van der Waals surface area (Å²) in [6.07, 6.45) is 4.52. The summed E-state index contributed by atoms with van der Waals surface area (Å²) in [5.74, 6) is 0.593. The number of hydrogen-bond acceptors (Lipinski definition) is 4. The molecule has 0 saturated carbocycles. The first kappa shape index (κ1) is 16.8. The van der Waals surface area contributed by atoms with E-state index in [4.69, 9.17) is 10.5 Å². The number of aryl methyl sites for hydroxylation is 2. The second kappa shape index (κ2) is 8.15. The van der Waals surface area contributed by atoms with Gasteiger partial charge in [-0.15, -0.1) is 0 Å². The molecule has 0 bridgehead atoms. The SMILES string of the molecule is CN(C)CCOc1cc2c(cc1C(=O)NCCN)CCCC2. The van der Waals surface area contributed by atoms with E-state index in [0.717, 1.165) is 19.4 Å². The number of nitrogens with zero attached hydrogens (tertiary/aromatic N) is 1. The minimum atomic E-state index is -0.0984. The summed E-state index contributed by atoms with van der Waals surface area (Å²) < 4.78 is 5.88. The van der Waals surface area contributed by atoms with Crippen molar-refractivity contribution in [2.45, 2.75) is 25.7 Å². The molecule has 2 rings (SSSR count). The highest BCUT2D eigenvalue weighted by molar-refractivity contribution is 5.97. The largest absolute Gasteiger partial charge is 0.491 e. The second-order valence-corrected chi connectivity index (χ2v) is 6.02. The van der Waals surface area contributed by atoms with Crippen LogP contribution >= 0.6 is 0 Å². The zero-order valence-corrected chi connectivity index (χ0v) is 13.7. The summed E-state index contributed by atoms with van der Waals surface area (Å²) in [6.45, 7) is 2.31. The molecular formula is C17H27N3O2. The lowest BCUT2D eigenvalue weighted by molar-refractivity contribution is 0.0950. The first-order valence-electron chi connectivity index (χ1n) is 8.03. The van der Waals surface area contributed by atoms with Gasteiger partial charge in [0, 0.05) is 19.6 Å². The van der Waals surface area contributed by atoms with Crippen LogP contribution in [-0.2, 0) is 12.8 Å². The Kier molecular flexibility index (Phi) is 6.21. The average molecular weight is 305 g/mol. The zero-order chi connectivity index (χ0) is 15.9. The van der Waals surface area contributed by atoms with E-state index in [1.54, 1.807) is 0 Å². The number of carbonyl (C=O) groups is 1. The molecule has 0 atom stereocenters. The summed E-state index contributed by atoms with van der Waals surface area (Å²) in [4.78, 5) is 14.4. The number of benzene rings is 1. The number of ether oxygens (including phenoxy) is 1. The van der Waals surface area contributed by atoms with E-state index >= 15 is 0 Å². The molecule has 3 N–H and O–H groups in total. The second-order valence-electron chi connectivity index (χ2n) is 6.02. The maximum atomic E-state index is 12.4. The zero-order valence-electron chi connectivity index (χ0n) is 13.7. The Morgan fingerprint density at radius 1 is 1.27 bits per heavy atom. The van der Waals surface area contributed by atoms with Gasteiger partial charge in [0.05, 0.1) is 5.56 Å². The molecule has 1 aromatic rings. The van der Waals surface area contributed by atoms with Crippen molar-refractivity contribution >= 4 is 5.91 Å². The van der Waals surface area contributed by atoms with Crippen LogP contribution in [0.4, 0.5) is 0 Å². The van der Waals surface area contributed by atoms with Gasteiger partial charge < -0.3 is 20.7 Å². The minimum absolute atomic E-state index is 0.0984. The highest BCUT2D eigenvalue weighted by Gasteiger charge is 2.18. The van der Waals surface area contributed by atoms with Crippen molar-refractivity contribution in [2.75, 3.05) is 40.3 Å². The van der Waals surface area contributed by atoms with Crippen LogP contribution in [0.5, 0.6) is 5.75 Å². The number of likely N-dealkylation sites (N-methyl/N-ethyl adjacent to an activating group) is 1. The maximum Gasteiger partial charge on any atom is 0.255 e. The highest BCUT2D eigenvalue weighted by Crippen LogP contribution is 2.29. The fourth-order valence-electron chi connectivity index (χ4n) is 2.68. The number of nitrogens with two attached hydrogens (primary N) is 1. The van der Waals surface area contributed by atoms with Gasteiger partial charge >= 0.3 is 0 Å². The van der Waals surface area contributed by atoms with Gasteiger partial charge in [-0.1, -0.05) is 0 Å². The van der Waals surface area contributed by atoms with Crippen LogP contribution in [0.15, 0.2) is 12.1 Å². The first-order chi connectivity index (χ1) is 10.6. The Morgan fingerprint density at radius 2 is 1.95 bits per heavy atom. The molecule has 0 aliphatic heterocycles. The van der Waals surface area contributed by atoms with Crippen LogP contribution in [-0.4, -0.2) is 51.1 Å². The molecule has 0 radical (unpaired) electrons. The van der Waals surface area contributed by atoms with Gasteiger partial charge in [-0.3, -0.25) is 4.79 Å². The number of fused-ring (bicyclic) bond motifs is 1. The molecule has 1 aromatic carbocycles. The fourth-order valence-corrected chi connectivity index (χ4v) is 2.68. The van der Waals surface area contributed by atoms with Gasteiger partial charge in [0.1, 0.15) is 12.4 Å². The van der Waals surface area contributed by atoms with E-state index in [1.807, 2.05) is 20.2 Å². The van der Waals surface area contributed by atoms with Crippen molar-refractivity contribution in [3.8, 4) is 5.75 Å². The van der Waals surface area contributed by atoms with E-state index in [1.165, 1.54) is 24.0 Å². The normalized spacial score (nSPS) is 13.8. The molecule has 1 aliphatic carbocycles. The number of nitrogens with one attached hydrogen (secondary N) is 1. The third kappa shape index (κ3) is 4.45. The molecule has 1 aliphatic rings. The van der Waals surface area contributed by atoms with Gasteiger partial charge in [0.15, 0.2) is 0 Å². The Morgan fingerprint density at radius 3 is 2.59 bits per heavy atom. The van der Waals surface area contributed by atoms with Gasteiger partial charge in [-0.05, 0) is 63.0 Å². The van der Waals surface area contributed by atoms with Crippen LogP contribution in [0.1, 0.15) is 34.3 Å². The highest BCUT2D eigenvalue weighted by atomic mass is 16.5. The lowest BCUT2D eigenvalue weighted by atomic mass is 9.90. The molecule has 0 spiro atoms. The molecule has 0 heterocycles. The van der Waals surface area contributed by atoms with Crippen molar-refractivity contribution in [2.24, 2.45) is 5.73 Å². The molecule has 0 aromatic heterocycles. The van der Waals surface area contributed by atoms with Crippen molar-refractivity contribution in [3.63, 3.8) is 0 Å². The van der Waals surface area contributed by atoms with Crippen molar-refractivity contribution in [1.29, 1.82) is 0 Å². The molecule has 0 saturated heterocycles. The van der Waals surface area contributed by atoms with E-state index in [9.17, 15) is 4.79 Å². The first-order valence-corrected chi connectivity index (χ1v) is 8.03. The molecular weight excluding hydrogens is 278 g/mol. The quantitative estimate of drug-likeness (QED) is 0.794.